The average molecular weight is 287 g/mol. The van der Waals surface area contributed by atoms with Gasteiger partial charge in [-0.3, -0.25) is 10.2 Å². The second-order valence-electron chi connectivity index (χ2n) is 6.39. The maximum Gasteiger partial charge on any atom is 0.265 e. The van der Waals surface area contributed by atoms with Gasteiger partial charge >= 0.3 is 0 Å². The number of amides is 1. The fourth-order valence-electron chi connectivity index (χ4n) is 3.45. The summed E-state index contributed by atoms with van der Waals surface area (Å²) in [4.78, 5) is 12.5. The van der Waals surface area contributed by atoms with Crippen LogP contribution in [0.15, 0.2) is 18.2 Å². The van der Waals surface area contributed by atoms with Gasteiger partial charge in [-0.1, -0.05) is 12.5 Å². The highest BCUT2D eigenvalue weighted by atomic mass is 16.2. The van der Waals surface area contributed by atoms with E-state index in [1.54, 1.807) is 0 Å². The summed E-state index contributed by atoms with van der Waals surface area (Å²) in [5.74, 6) is 0.0176. The summed E-state index contributed by atoms with van der Waals surface area (Å²) in [6.45, 7) is 6.27. The van der Waals surface area contributed by atoms with Gasteiger partial charge in [0, 0.05) is 24.2 Å². The van der Waals surface area contributed by atoms with Crippen molar-refractivity contribution < 1.29 is 4.79 Å². The molecule has 0 bridgehead atoms. The van der Waals surface area contributed by atoms with Gasteiger partial charge in [-0.2, -0.15) is 0 Å². The average Bonchev–Trinajstić information content (AvgIpc) is 2.50. The molecule has 2 unspecified atom stereocenters. The van der Waals surface area contributed by atoms with E-state index in [0.717, 1.165) is 37.9 Å². The van der Waals surface area contributed by atoms with Gasteiger partial charge in [0.25, 0.3) is 5.91 Å². The molecule has 4 nitrogen and oxygen atoms in total. The van der Waals surface area contributed by atoms with Crippen molar-refractivity contribution in [3.05, 3.63) is 34.9 Å². The smallest absolute Gasteiger partial charge is 0.265 e. The number of piperidine rings is 1. The number of nitrogens with one attached hydrogen (secondary N) is 2. The fraction of sp³-hybridized carbons (Fsp3) is 0.588. The van der Waals surface area contributed by atoms with Crippen LogP contribution in [-0.2, 0) is 13.0 Å². The minimum absolute atomic E-state index is 0.0176. The Morgan fingerprint density at radius 3 is 2.76 bits per heavy atom. The SMILES string of the molecule is CC1CCCC(C)N1NC(=O)c1ccc2c(c1)CNCC2. The van der Waals surface area contributed by atoms with Crippen LogP contribution in [0.4, 0.5) is 0 Å². The Morgan fingerprint density at radius 2 is 2.00 bits per heavy atom. The minimum Gasteiger partial charge on any atom is -0.312 e. The highest BCUT2D eigenvalue weighted by Crippen LogP contribution is 2.21. The Morgan fingerprint density at radius 1 is 1.24 bits per heavy atom. The molecular weight excluding hydrogens is 262 g/mol. The molecule has 1 saturated heterocycles. The van der Waals surface area contributed by atoms with Crippen LogP contribution in [0.2, 0.25) is 0 Å². The largest absolute Gasteiger partial charge is 0.312 e. The number of hydrogen-bond acceptors (Lipinski definition) is 3. The number of nitrogens with zero attached hydrogens (tertiary/aromatic N) is 1. The summed E-state index contributed by atoms with van der Waals surface area (Å²) in [6, 6.07) is 6.93. The third-order valence-electron chi connectivity index (χ3n) is 4.78. The Labute approximate surface area is 126 Å². The summed E-state index contributed by atoms with van der Waals surface area (Å²) in [5.41, 5.74) is 6.51. The van der Waals surface area contributed by atoms with Gasteiger partial charge in [0.15, 0.2) is 0 Å². The predicted molar refractivity (Wildman–Crippen MR) is 83.9 cm³/mol. The van der Waals surface area contributed by atoms with Crippen molar-refractivity contribution in [1.29, 1.82) is 0 Å². The van der Waals surface area contributed by atoms with Crippen molar-refractivity contribution in [2.24, 2.45) is 0 Å². The first kappa shape index (κ1) is 14.5. The molecule has 21 heavy (non-hydrogen) atoms. The number of rotatable bonds is 2. The molecule has 2 atom stereocenters. The molecule has 0 aromatic heterocycles. The lowest BCUT2D eigenvalue weighted by Gasteiger charge is -2.38. The van der Waals surface area contributed by atoms with Gasteiger partial charge in [0.1, 0.15) is 0 Å². The molecule has 2 aliphatic rings. The van der Waals surface area contributed by atoms with E-state index in [1.165, 1.54) is 17.5 Å². The van der Waals surface area contributed by atoms with Gasteiger partial charge in [-0.05, 0) is 62.9 Å². The van der Waals surface area contributed by atoms with Crippen LogP contribution in [0.1, 0.15) is 54.6 Å². The molecule has 1 aromatic rings. The van der Waals surface area contributed by atoms with Crippen LogP contribution in [-0.4, -0.2) is 29.5 Å². The number of carbonyl (C=O) groups is 1. The van der Waals surface area contributed by atoms with Crippen LogP contribution in [0.25, 0.3) is 0 Å². The minimum atomic E-state index is 0.0176. The maximum atomic E-state index is 12.5. The molecule has 3 rings (SSSR count). The lowest BCUT2D eigenvalue weighted by atomic mass is 9.98. The number of benzene rings is 1. The first-order valence-corrected chi connectivity index (χ1v) is 8.07. The Balaban J connectivity index is 1.73. The van der Waals surface area contributed by atoms with E-state index in [-0.39, 0.29) is 5.91 Å². The van der Waals surface area contributed by atoms with Crippen molar-refractivity contribution in [3.8, 4) is 0 Å². The summed E-state index contributed by atoms with van der Waals surface area (Å²) in [5, 5.41) is 5.49. The van der Waals surface area contributed by atoms with E-state index in [0.29, 0.717) is 12.1 Å². The first-order chi connectivity index (χ1) is 10.1. The quantitative estimate of drug-likeness (QED) is 0.877. The molecule has 0 spiro atoms. The lowest BCUT2D eigenvalue weighted by Crippen LogP contribution is -2.54. The van der Waals surface area contributed by atoms with Gasteiger partial charge in [0.05, 0.1) is 0 Å². The zero-order chi connectivity index (χ0) is 14.8. The highest BCUT2D eigenvalue weighted by Gasteiger charge is 2.26. The Kier molecular flexibility index (Phi) is 4.27. The monoisotopic (exact) mass is 287 g/mol. The molecule has 1 aromatic carbocycles. The molecular formula is C17H25N3O. The third-order valence-corrected chi connectivity index (χ3v) is 4.78. The van der Waals surface area contributed by atoms with E-state index in [4.69, 9.17) is 0 Å². The molecule has 2 aliphatic heterocycles. The summed E-state index contributed by atoms with van der Waals surface area (Å²) >= 11 is 0. The van der Waals surface area contributed by atoms with Crippen LogP contribution in [0.5, 0.6) is 0 Å². The van der Waals surface area contributed by atoms with Gasteiger partial charge < -0.3 is 5.32 Å². The highest BCUT2D eigenvalue weighted by molar-refractivity contribution is 5.94. The second kappa shape index (κ2) is 6.16. The van der Waals surface area contributed by atoms with Crippen LogP contribution in [0, 0.1) is 0 Å². The predicted octanol–water partition coefficient (Wildman–Crippen LogP) is 2.24. The van der Waals surface area contributed by atoms with Gasteiger partial charge in [-0.25, -0.2) is 5.01 Å². The van der Waals surface area contributed by atoms with E-state index >= 15 is 0 Å². The topological polar surface area (TPSA) is 44.4 Å². The molecule has 2 heterocycles. The molecule has 0 aliphatic carbocycles. The molecule has 0 radical (unpaired) electrons. The van der Waals surface area contributed by atoms with Crippen LogP contribution >= 0.6 is 0 Å². The van der Waals surface area contributed by atoms with Crippen molar-refractivity contribution in [3.63, 3.8) is 0 Å². The van der Waals surface area contributed by atoms with Crippen molar-refractivity contribution >= 4 is 5.91 Å². The lowest BCUT2D eigenvalue weighted by molar-refractivity contribution is 0.0369. The van der Waals surface area contributed by atoms with Crippen molar-refractivity contribution in [1.82, 2.24) is 15.8 Å². The molecule has 1 fully saturated rings. The van der Waals surface area contributed by atoms with Gasteiger partial charge in [0.2, 0.25) is 0 Å². The normalized spacial score (nSPS) is 26.2. The van der Waals surface area contributed by atoms with Crippen LogP contribution < -0.4 is 10.7 Å². The number of hydrazine groups is 1. The van der Waals surface area contributed by atoms with E-state index in [2.05, 4.69) is 35.7 Å². The third kappa shape index (κ3) is 3.11. The summed E-state index contributed by atoms with van der Waals surface area (Å²) < 4.78 is 0. The van der Waals surface area contributed by atoms with E-state index < -0.39 is 0 Å². The van der Waals surface area contributed by atoms with E-state index in [9.17, 15) is 4.79 Å². The molecule has 0 saturated carbocycles. The van der Waals surface area contributed by atoms with Crippen molar-refractivity contribution in [2.45, 2.75) is 58.2 Å². The zero-order valence-corrected chi connectivity index (χ0v) is 13.0. The zero-order valence-electron chi connectivity index (χ0n) is 13.0. The van der Waals surface area contributed by atoms with Gasteiger partial charge in [-0.15, -0.1) is 0 Å². The summed E-state index contributed by atoms with van der Waals surface area (Å²) in [6.07, 6.45) is 4.61. The second-order valence-corrected chi connectivity index (χ2v) is 6.39. The maximum absolute atomic E-state index is 12.5. The number of hydrogen-bond donors (Lipinski definition) is 2. The number of fused-ring (bicyclic) bond motifs is 1. The fourth-order valence-corrected chi connectivity index (χ4v) is 3.45. The molecule has 114 valence electrons. The molecule has 2 N–H and O–H groups in total. The first-order valence-electron chi connectivity index (χ1n) is 8.07. The van der Waals surface area contributed by atoms with Crippen LogP contribution in [0.3, 0.4) is 0 Å². The van der Waals surface area contributed by atoms with Crippen molar-refractivity contribution in [2.75, 3.05) is 6.54 Å². The standard InChI is InChI=1S/C17H25N3O/c1-12-4-3-5-13(2)20(12)19-17(21)15-7-6-14-8-9-18-11-16(14)10-15/h6-7,10,12-13,18H,3-5,8-9,11H2,1-2H3,(H,19,21). The Bertz CT molecular complexity index is 519. The Hall–Kier alpha value is -1.39. The number of carbonyl (C=O) groups excluding carboxylic acids is 1. The molecule has 4 heteroatoms. The molecule has 1 amide bonds. The van der Waals surface area contributed by atoms with E-state index in [1.807, 2.05) is 12.1 Å². The summed E-state index contributed by atoms with van der Waals surface area (Å²) in [7, 11) is 0.